The molecule has 0 amide bonds. The van der Waals surface area contributed by atoms with Gasteiger partial charge in [0.2, 0.25) is 0 Å². The van der Waals surface area contributed by atoms with Gasteiger partial charge in [0, 0.05) is 12.1 Å². The molecule has 7 nitrogen and oxygen atoms in total. The molecule has 1 aliphatic rings. The lowest BCUT2D eigenvalue weighted by Crippen LogP contribution is -2.32. The SMILES string of the molecule is Nc1ccn([C@@H]2O[C@H](CO)[C@@H](O)[C@@H]2CCF)c(=O)n1. The van der Waals surface area contributed by atoms with Crippen LogP contribution in [0.15, 0.2) is 17.1 Å². The zero-order valence-electron chi connectivity index (χ0n) is 10.1. The number of nitrogen functional groups attached to an aromatic ring is 1. The number of alkyl halides is 1. The van der Waals surface area contributed by atoms with Crippen LogP contribution < -0.4 is 11.4 Å². The number of hydrogen-bond acceptors (Lipinski definition) is 6. The Bertz CT molecular complexity index is 495. The van der Waals surface area contributed by atoms with Crippen LogP contribution in [0.1, 0.15) is 12.6 Å². The van der Waals surface area contributed by atoms with E-state index in [1.54, 1.807) is 0 Å². The molecule has 1 aromatic rings. The Morgan fingerprint density at radius 3 is 2.89 bits per heavy atom. The van der Waals surface area contributed by atoms with Crippen LogP contribution in [-0.4, -0.2) is 45.3 Å². The molecule has 1 saturated heterocycles. The molecule has 0 bridgehead atoms. The number of hydrogen-bond donors (Lipinski definition) is 3. The van der Waals surface area contributed by atoms with Crippen LogP contribution in [-0.2, 0) is 4.74 Å². The third-order valence-electron chi connectivity index (χ3n) is 3.25. The summed E-state index contributed by atoms with van der Waals surface area (Å²) in [5.74, 6) is -0.550. The van der Waals surface area contributed by atoms with Crippen LogP contribution in [0, 0.1) is 5.92 Å². The highest BCUT2D eigenvalue weighted by atomic mass is 19.1. The summed E-state index contributed by atoms with van der Waals surface area (Å²) in [4.78, 5) is 15.3. The molecular weight excluding hydrogens is 257 g/mol. The van der Waals surface area contributed by atoms with E-state index in [0.29, 0.717) is 0 Å². The van der Waals surface area contributed by atoms with E-state index in [1.807, 2.05) is 0 Å². The predicted molar refractivity (Wildman–Crippen MR) is 64.0 cm³/mol. The number of nitrogens with two attached hydrogens (primary N) is 1. The maximum absolute atomic E-state index is 12.6. The molecule has 1 aromatic heterocycles. The van der Waals surface area contributed by atoms with E-state index < -0.39 is 43.3 Å². The van der Waals surface area contributed by atoms with Gasteiger partial charge in [-0.3, -0.25) is 8.96 Å². The molecule has 4 N–H and O–H groups in total. The van der Waals surface area contributed by atoms with Gasteiger partial charge in [-0.2, -0.15) is 4.98 Å². The van der Waals surface area contributed by atoms with Crippen LogP contribution >= 0.6 is 0 Å². The molecule has 1 aliphatic heterocycles. The monoisotopic (exact) mass is 273 g/mol. The zero-order chi connectivity index (χ0) is 14.0. The van der Waals surface area contributed by atoms with Gasteiger partial charge in [-0.15, -0.1) is 0 Å². The van der Waals surface area contributed by atoms with E-state index in [0.717, 1.165) is 4.57 Å². The molecule has 2 rings (SSSR count). The van der Waals surface area contributed by atoms with Crippen molar-refractivity contribution in [1.82, 2.24) is 9.55 Å². The largest absolute Gasteiger partial charge is 0.394 e. The molecule has 0 saturated carbocycles. The average Bonchev–Trinajstić information content (AvgIpc) is 2.68. The minimum Gasteiger partial charge on any atom is -0.394 e. The fraction of sp³-hybridized carbons (Fsp3) is 0.636. The van der Waals surface area contributed by atoms with Gasteiger partial charge < -0.3 is 20.7 Å². The van der Waals surface area contributed by atoms with Crippen molar-refractivity contribution in [2.75, 3.05) is 19.0 Å². The van der Waals surface area contributed by atoms with Gasteiger partial charge in [-0.1, -0.05) is 0 Å². The quantitative estimate of drug-likeness (QED) is 0.652. The zero-order valence-corrected chi connectivity index (χ0v) is 10.1. The maximum Gasteiger partial charge on any atom is 0.351 e. The van der Waals surface area contributed by atoms with Crippen LogP contribution in [0.4, 0.5) is 10.2 Å². The van der Waals surface area contributed by atoms with Gasteiger partial charge >= 0.3 is 5.69 Å². The molecule has 106 valence electrons. The van der Waals surface area contributed by atoms with Crippen LogP contribution in [0.25, 0.3) is 0 Å². The first kappa shape index (κ1) is 13.9. The van der Waals surface area contributed by atoms with Crippen molar-refractivity contribution in [3.8, 4) is 0 Å². The molecule has 8 heteroatoms. The lowest BCUT2D eigenvalue weighted by atomic mass is 9.96. The van der Waals surface area contributed by atoms with Crippen molar-refractivity contribution in [1.29, 1.82) is 0 Å². The van der Waals surface area contributed by atoms with Gasteiger partial charge in [0.1, 0.15) is 18.1 Å². The van der Waals surface area contributed by atoms with Crippen molar-refractivity contribution in [3.63, 3.8) is 0 Å². The van der Waals surface area contributed by atoms with Gasteiger partial charge in [-0.25, -0.2) is 4.79 Å². The number of halogens is 1. The second-order valence-corrected chi connectivity index (χ2v) is 4.42. The summed E-state index contributed by atoms with van der Waals surface area (Å²) in [6, 6.07) is 1.41. The van der Waals surface area contributed by atoms with E-state index in [9.17, 15) is 14.3 Å². The summed E-state index contributed by atoms with van der Waals surface area (Å²) in [5, 5.41) is 19.0. The summed E-state index contributed by atoms with van der Waals surface area (Å²) in [6.07, 6.45) is -1.32. The average molecular weight is 273 g/mol. The number of ether oxygens (including phenoxy) is 1. The third-order valence-corrected chi connectivity index (χ3v) is 3.25. The van der Waals surface area contributed by atoms with Crippen LogP contribution in [0.2, 0.25) is 0 Å². The summed E-state index contributed by atoms with van der Waals surface area (Å²) in [6.45, 7) is -1.06. The number of aliphatic hydroxyl groups is 2. The highest BCUT2D eigenvalue weighted by Gasteiger charge is 2.44. The number of aromatic nitrogens is 2. The molecule has 0 unspecified atom stereocenters. The van der Waals surface area contributed by atoms with Crippen molar-refractivity contribution < 1.29 is 19.3 Å². The van der Waals surface area contributed by atoms with Gasteiger partial charge in [0.05, 0.1) is 19.4 Å². The molecule has 0 aliphatic carbocycles. The van der Waals surface area contributed by atoms with E-state index in [4.69, 9.17) is 15.6 Å². The first-order valence-corrected chi connectivity index (χ1v) is 5.93. The highest BCUT2D eigenvalue weighted by molar-refractivity contribution is 5.23. The van der Waals surface area contributed by atoms with Crippen molar-refractivity contribution in [3.05, 3.63) is 22.7 Å². The Balaban J connectivity index is 2.33. The lowest BCUT2D eigenvalue weighted by Gasteiger charge is -2.20. The molecule has 0 aromatic carbocycles. The summed E-state index contributed by atoms with van der Waals surface area (Å²) >= 11 is 0. The maximum atomic E-state index is 12.6. The molecule has 4 atom stereocenters. The smallest absolute Gasteiger partial charge is 0.351 e. The Hall–Kier alpha value is -1.51. The summed E-state index contributed by atoms with van der Waals surface area (Å²) in [7, 11) is 0. The molecule has 1 fully saturated rings. The van der Waals surface area contributed by atoms with Crippen molar-refractivity contribution >= 4 is 5.82 Å². The number of nitrogens with zero attached hydrogens (tertiary/aromatic N) is 2. The second kappa shape index (κ2) is 5.64. The molecule has 0 spiro atoms. The van der Waals surface area contributed by atoms with Gasteiger partial charge in [0.15, 0.2) is 0 Å². The fourth-order valence-corrected chi connectivity index (χ4v) is 2.29. The number of anilines is 1. The number of rotatable bonds is 4. The van der Waals surface area contributed by atoms with E-state index in [2.05, 4.69) is 4.98 Å². The Morgan fingerprint density at radius 1 is 1.58 bits per heavy atom. The molecule has 2 heterocycles. The molecule has 0 radical (unpaired) electrons. The van der Waals surface area contributed by atoms with Crippen LogP contribution in [0.3, 0.4) is 0 Å². The normalized spacial score (nSPS) is 30.7. The first-order chi connectivity index (χ1) is 9.08. The Kier molecular flexibility index (Phi) is 4.13. The standard InChI is InChI=1S/C11H16FN3O4/c12-3-1-6-9(17)7(5-16)19-10(6)15-4-2-8(13)14-11(15)18/h2,4,6-7,9-10,16-17H,1,3,5H2,(H2,13,14,18)/t6-,7+,9-,10+/m0/s1. The topological polar surface area (TPSA) is 111 Å². The van der Waals surface area contributed by atoms with Gasteiger partial charge in [-0.05, 0) is 12.5 Å². The molecular formula is C11H16FN3O4. The predicted octanol–water partition coefficient (Wildman–Crippen LogP) is -0.948. The second-order valence-electron chi connectivity index (χ2n) is 4.42. The minimum atomic E-state index is -1.03. The van der Waals surface area contributed by atoms with Crippen LogP contribution in [0.5, 0.6) is 0 Å². The number of aliphatic hydroxyl groups excluding tert-OH is 2. The van der Waals surface area contributed by atoms with E-state index >= 15 is 0 Å². The summed E-state index contributed by atoms with van der Waals surface area (Å²) in [5.41, 5.74) is 4.75. The van der Waals surface area contributed by atoms with E-state index in [-0.39, 0.29) is 12.2 Å². The third kappa shape index (κ3) is 2.60. The molecule has 19 heavy (non-hydrogen) atoms. The Morgan fingerprint density at radius 2 is 2.32 bits per heavy atom. The Labute approximate surface area is 108 Å². The van der Waals surface area contributed by atoms with Crippen molar-refractivity contribution in [2.45, 2.75) is 24.9 Å². The lowest BCUT2D eigenvalue weighted by molar-refractivity contribution is -0.0483. The van der Waals surface area contributed by atoms with Gasteiger partial charge in [0.25, 0.3) is 0 Å². The summed E-state index contributed by atoms with van der Waals surface area (Å²) < 4.78 is 19.1. The van der Waals surface area contributed by atoms with Crippen molar-refractivity contribution in [2.24, 2.45) is 5.92 Å². The first-order valence-electron chi connectivity index (χ1n) is 5.93. The highest BCUT2D eigenvalue weighted by Crippen LogP contribution is 2.36. The minimum absolute atomic E-state index is 0.0269. The fourth-order valence-electron chi connectivity index (χ4n) is 2.29. The van der Waals surface area contributed by atoms with E-state index in [1.165, 1.54) is 12.3 Å².